The molecule has 0 radical (unpaired) electrons. The van der Waals surface area contributed by atoms with Gasteiger partial charge in [-0.25, -0.2) is 9.78 Å². The van der Waals surface area contributed by atoms with Crippen LogP contribution in [0.5, 0.6) is 5.75 Å². The molecule has 0 aliphatic heterocycles. The highest BCUT2D eigenvalue weighted by atomic mass is 16.5. The number of carbonyl (C=O) groups is 3. The zero-order chi connectivity index (χ0) is 34.0. The molecule has 49 heavy (non-hydrogen) atoms. The summed E-state index contributed by atoms with van der Waals surface area (Å²) in [6.45, 7) is 0.903. The molecule has 0 spiro atoms. The maximum atomic E-state index is 13.6. The molecule has 5 aromatic carbocycles. The van der Waals surface area contributed by atoms with E-state index in [1.807, 2.05) is 72.8 Å². The summed E-state index contributed by atoms with van der Waals surface area (Å²) in [4.78, 5) is 49.7. The summed E-state index contributed by atoms with van der Waals surface area (Å²) >= 11 is 0. The number of amides is 1. The number of carbonyl (C=O) groups excluding carboxylic acids is 2. The first-order valence-electron chi connectivity index (χ1n) is 15.9. The van der Waals surface area contributed by atoms with Gasteiger partial charge in [0.1, 0.15) is 24.1 Å². The first-order valence-corrected chi connectivity index (χ1v) is 15.9. The molecular formula is C40H34N4O5. The maximum Gasteiger partial charge on any atom is 0.326 e. The van der Waals surface area contributed by atoms with Crippen LogP contribution in [0.25, 0.3) is 11.0 Å². The number of fused-ring (bicyclic) bond motifs is 1. The molecule has 9 nitrogen and oxygen atoms in total. The molecule has 244 valence electrons. The second kappa shape index (κ2) is 15.5. The minimum atomic E-state index is -1.04. The molecule has 9 heteroatoms. The number of aromatic nitrogens is 2. The van der Waals surface area contributed by atoms with Crippen molar-refractivity contribution >= 4 is 34.4 Å². The molecule has 0 saturated carbocycles. The first kappa shape index (κ1) is 32.6. The van der Waals surface area contributed by atoms with Gasteiger partial charge in [-0.3, -0.25) is 14.6 Å². The van der Waals surface area contributed by atoms with Crippen LogP contribution in [-0.4, -0.2) is 56.8 Å². The number of carboxylic acids is 1. The highest BCUT2D eigenvalue weighted by molar-refractivity contribution is 6.12. The van der Waals surface area contributed by atoms with Gasteiger partial charge in [0.05, 0.1) is 23.8 Å². The van der Waals surface area contributed by atoms with Gasteiger partial charge in [0.15, 0.2) is 5.78 Å². The smallest absolute Gasteiger partial charge is 0.326 e. The minimum Gasteiger partial charge on any atom is -0.492 e. The molecular weight excluding hydrogens is 616 g/mol. The summed E-state index contributed by atoms with van der Waals surface area (Å²) in [7, 11) is 0. The van der Waals surface area contributed by atoms with Crippen LogP contribution in [0.3, 0.4) is 0 Å². The number of ether oxygens (including phenoxy) is 1. The molecule has 1 aromatic heterocycles. The lowest BCUT2D eigenvalue weighted by atomic mass is 10.00. The van der Waals surface area contributed by atoms with Crippen LogP contribution in [0, 0.1) is 0 Å². The predicted octanol–water partition coefficient (Wildman–Crippen LogP) is 6.69. The van der Waals surface area contributed by atoms with Crippen molar-refractivity contribution in [3.63, 3.8) is 0 Å². The standard InChI is InChI=1S/C40H34N4O5/c45-38(30-13-5-2-6-14-30)32-15-7-8-16-33(32)42-36(40(47)48)25-28-19-21-31(22-20-28)49-24-23-44(27-29-11-3-1-4-12-29)39(46)37-26-41-34-17-9-10-18-35(34)43-37/h1-22,26,36,42H,23-25,27H2,(H,47,48). The normalized spacial score (nSPS) is 11.4. The fraction of sp³-hybridized carbons (Fsp3) is 0.125. The highest BCUT2D eigenvalue weighted by Gasteiger charge is 2.22. The van der Waals surface area contributed by atoms with E-state index in [1.54, 1.807) is 65.6 Å². The maximum absolute atomic E-state index is 13.6. The number of hydrogen-bond donors (Lipinski definition) is 2. The fourth-order valence-corrected chi connectivity index (χ4v) is 5.45. The van der Waals surface area contributed by atoms with Gasteiger partial charge in [-0.2, -0.15) is 0 Å². The van der Waals surface area contributed by atoms with E-state index in [0.29, 0.717) is 46.7 Å². The van der Waals surface area contributed by atoms with Crippen LogP contribution in [0.2, 0.25) is 0 Å². The van der Waals surface area contributed by atoms with E-state index in [9.17, 15) is 19.5 Å². The number of carboxylic acid groups (broad SMARTS) is 1. The Labute approximate surface area is 283 Å². The fourth-order valence-electron chi connectivity index (χ4n) is 5.45. The van der Waals surface area contributed by atoms with E-state index >= 15 is 0 Å². The quantitative estimate of drug-likeness (QED) is 0.125. The average Bonchev–Trinajstić information content (AvgIpc) is 3.15. The van der Waals surface area contributed by atoms with Gasteiger partial charge in [0.25, 0.3) is 5.91 Å². The lowest BCUT2D eigenvalue weighted by Crippen LogP contribution is -2.34. The number of nitrogens with one attached hydrogen (secondary N) is 1. The Morgan fingerprint density at radius 1 is 0.735 bits per heavy atom. The molecule has 1 heterocycles. The van der Waals surface area contributed by atoms with E-state index in [0.717, 1.165) is 11.1 Å². The lowest BCUT2D eigenvalue weighted by Gasteiger charge is -2.23. The van der Waals surface area contributed by atoms with Gasteiger partial charge in [0, 0.05) is 29.8 Å². The third-order valence-corrected chi connectivity index (χ3v) is 8.00. The van der Waals surface area contributed by atoms with E-state index in [1.165, 1.54) is 6.20 Å². The lowest BCUT2D eigenvalue weighted by molar-refractivity contribution is -0.137. The van der Waals surface area contributed by atoms with Crippen molar-refractivity contribution in [2.45, 2.75) is 19.0 Å². The summed E-state index contributed by atoms with van der Waals surface area (Å²) in [6, 6.07) is 39.1. The van der Waals surface area contributed by atoms with E-state index in [-0.39, 0.29) is 30.4 Å². The number of hydrogen-bond acceptors (Lipinski definition) is 7. The molecule has 6 rings (SSSR count). The molecule has 0 aliphatic carbocycles. The number of benzene rings is 5. The second-order valence-corrected chi connectivity index (χ2v) is 11.4. The number of anilines is 1. The molecule has 0 bridgehead atoms. The van der Waals surface area contributed by atoms with Crippen LogP contribution in [-0.2, 0) is 17.8 Å². The van der Waals surface area contributed by atoms with Crippen molar-refractivity contribution in [2.75, 3.05) is 18.5 Å². The summed E-state index contributed by atoms with van der Waals surface area (Å²) in [5.41, 5.74) is 4.74. The molecule has 0 aliphatic rings. The Morgan fingerprint density at radius 2 is 1.39 bits per heavy atom. The molecule has 1 atom stereocenters. The molecule has 6 aromatic rings. The van der Waals surface area contributed by atoms with Crippen LogP contribution >= 0.6 is 0 Å². The molecule has 0 saturated heterocycles. The van der Waals surface area contributed by atoms with E-state index in [4.69, 9.17) is 4.74 Å². The Kier molecular flexibility index (Phi) is 10.3. The van der Waals surface area contributed by atoms with Gasteiger partial charge in [-0.05, 0) is 47.5 Å². The zero-order valence-electron chi connectivity index (χ0n) is 26.6. The predicted molar refractivity (Wildman–Crippen MR) is 188 cm³/mol. The van der Waals surface area contributed by atoms with Crippen molar-refractivity contribution in [3.8, 4) is 5.75 Å². The van der Waals surface area contributed by atoms with Crippen LogP contribution < -0.4 is 10.1 Å². The monoisotopic (exact) mass is 650 g/mol. The van der Waals surface area contributed by atoms with Gasteiger partial charge < -0.3 is 20.1 Å². The number of rotatable bonds is 14. The van der Waals surface area contributed by atoms with E-state index in [2.05, 4.69) is 15.3 Å². The SMILES string of the molecule is O=C(c1ccccc1)c1ccccc1NC(Cc1ccc(OCCN(Cc2ccccc2)C(=O)c2cnc3ccccc3n2)cc1)C(=O)O. The highest BCUT2D eigenvalue weighted by Crippen LogP contribution is 2.22. The Morgan fingerprint density at radius 3 is 2.12 bits per heavy atom. The first-order chi connectivity index (χ1) is 23.9. The molecule has 2 N–H and O–H groups in total. The second-order valence-electron chi connectivity index (χ2n) is 11.4. The van der Waals surface area contributed by atoms with Gasteiger partial charge in [0.2, 0.25) is 0 Å². The minimum absolute atomic E-state index is 0.176. The summed E-state index contributed by atoms with van der Waals surface area (Å²) in [5.74, 6) is -0.898. The summed E-state index contributed by atoms with van der Waals surface area (Å²) in [5, 5.41) is 13.1. The van der Waals surface area contributed by atoms with Crippen LogP contribution in [0.4, 0.5) is 5.69 Å². The van der Waals surface area contributed by atoms with Gasteiger partial charge >= 0.3 is 5.97 Å². The Balaban J connectivity index is 1.10. The largest absolute Gasteiger partial charge is 0.492 e. The zero-order valence-corrected chi connectivity index (χ0v) is 26.6. The van der Waals surface area contributed by atoms with Crippen LogP contribution in [0.15, 0.2) is 140 Å². The number of para-hydroxylation sites is 3. The van der Waals surface area contributed by atoms with E-state index < -0.39 is 12.0 Å². The summed E-state index contributed by atoms with van der Waals surface area (Å²) < 4.78 is 6.02. The number of ketones is 1. The Hall–Kier alpha value is -6.35. The van der Waals surface area contributed by atoms with Crippen molar-refractivity contribution in [1.82, 2.24) is 14.9 Å². The number of aliphatic carboxylic acids is 1. The van der Waals surface area contributed by atoms with Crippen molar-refractivity contribution < 1.29 is 24.2 Å². The summed E-state index contributed by atoms with van der Waals surface area (Å²) in [6.07, 6.45) is 1.68. The molecule has 0 fully saturated rings. The Bertz CT molecular complexity index is 2050. The van der Waals surface area contributed by atoms with Crippen molar-refractivity contribution in [1.29, 1.82) is 0 Å². The molecule has 1 amide bonds. The number of nitrogens with zero attached hydrogens (tertiary/aromatic N) is 3. The average molecular weight is 651 g/mol. The van der Waals surface area contributed by atoms with Crippen molar-refractivity contribution in [2.24, 2.45) is 0 Å². The molecule has 1 unspecified atom stereocenters. The van der Waals surface area contributed by atoms with Crippen LogP contribution in [0.1, 0.15) is 37.5 Å². The van der Waals surface area contributed by atoms with Crippen molar-refractivity contribution in [3.05, 3.63) is 168 Å². The van der Waals surface area contributed by atoms with Gasteiger partial charge in [-0.15, -0.1) is 0 Å². The third kappa shape index (κ3) is 8.33. The van der Waals surface area contributed by atoms with Gasteiger partial charge in [-0.1, -0.05) is 97.1 Å². The topological polar surface area (TPSA) is 122 Å². The third-order valence-electron chi connectivity index (χ3n) is 8.00.